The van der Waals surface area contributed by atoms with Gasteiger partial charge in [0.05, 0.1) is 0 Å². The maximum atomic E-state index is 6.24. The Bertz CT molecular complexity index is 354. The minimum Gasteiger partial charge on any atom is -0.330 e. The van der Waals surface area contributed by atoms with E-state index in [9.17, 15) is 0 Å². The van der Waals surface area contributed by atoms with Gasteiger partial charge >= 0.3 is 0 Å². The predicted molar refractivity (Wildman–Crippen MR) is 79.9 cm³/mol. The lowest BCUT2D eigenvalue weighted by atomic mass is 10.0. The molecular weight excluding hydrogens is 244 g/mol. The average Bonchev–Trinajstić information content (AvgIpc) is 2.36. The number of nitrogens with two attached hydrogens (primary N) is 1. The molecule has 18 heavy (non-hydrogen) atoms. The van der Waals surface area contributed by atoms with E-state index < -0.39 is 0 Å². The van der Waals surface area contributed by atoms with E-state index in [-0.39, 0.29) is 0 Å². The Kier molecular flexibility index (Phi) is 6.69. The van der Waals surface area contributed by atoms with Crippen LogP contribution in [0.4, 0.5) is 0 Å². The van der Waals surface area contributed by atoms with Crippen molar-refractivity contribution in [1.82, 2.24) is 4.90 Å². The smallest absolute Gasteiger partial charge is 0.0453 e. The van der Waals surface area contributed by atoms with Crippen molar-refractivity contribution in [2.45, 2.75) is 32.7 Å². The van der Waals surface area contributed by atoms with Crippen LogP contribution in [0.25, 0.3) is 0 Å². The highest BCUT2D eigenvalue weighted by atomic mass is 35.5. The number of halogens is 1. The molecule has 1 aromatic rings. The van der Waals surface area contributed by atoms with Crippen molar-refractivity contribution in [3.05, 3.63) is 34.9 Å². The largest absolute Gasteiger partial charge is 0.330 e. The Labute approximate surface area is 116 Å². The summed E-state index contributed by atoms with van der Waals surface area (Å²) in [6.07, 6.45) is 2.30. The van der Waals surface area contributed by atoms with E-state index >= 15 is 0 Å². The molecule has 0 amide bonds. The minimum absolute atomic E-state index is 0.346. The molecule has 0 radical (unpaired) electrons. The highest BCUT2D eigenvalue weighted by molar-refractivity contribution is 6.31. The van der Waals surface area contributed by atoms with Crippen LogP contribution < -0.4 is 5.73 Å². The average molecular weight is 269 g/mol. The van der Waals surface area contributed by atoms with E-state index in [1.54, 1.807) is 0 Å². The molecule has 2 atom stereocenters. The number of hydrogen-bond acceptors (Lipinski definition) is 2. The fourth-order valence-electron chi connectivity index (χ4n) is 2.26. The molecule has 0 heterocycles. The first-order valence-electron chi connectivity index (χ1n) is 6.71. The van der Waals surface area contributed by atoms with Gasteiger partial charge in [-0.25, -0.2) is 0 Å². The van der Waals surface area contributed by atoms with Gasteiger partial charge in [0.2, 0.25) is 0 Å². The van der Waals surface area contributed by atoms with Gasteiger partial charge in [0, 0.05) is 17.6 Å². The molecule has 0 aliphatic heterocycles. The van der Waals surface area contributed by atoms with E-state index in [0.717, 1.165) is 24.5 Å². The molecule has 0 aliphatic rings. The van der Waals surface area contributed by atoms with Gasteiger partial charge in [-0.05, 0) is 50.9 Å². The zero-order valence-corrected chi connectivity index (χ0v) is 12.5. The number of hydrogen-bond donors (Lipinski definition) is 1. The van der Waals surface area contributed by atoms with E-state index in [1.165, 1.54) is 12.0 Å². The maximum Gasteiger partial charge on any atom is 0.0453 e. The van der Waals surface area contributed by atoms with Gasteiger partial charge in [-0.15, -0.1) is 0 Å². The van der Waals surface area contributed by atoms with Crippen LogP contribution in [0.3, 0.4) is 0 Å². The second kappa shape index (κ2) is 7.78. The number of benzene rings is 1. The summed E-state index contributed by atoms with van der Waals surface area (Å²) >= 11 is 6.24. The third-order valence-corrected chi connectivity index (χ3v) is 3.86. The van der Waals surface area contributed by atoms with Crippen LogP contribution in [0.5, 0.6) is 0 Å². The monoisotopic (exact) mass is 268 g/mol. The van der Waals surface area contributed by atoms with Crippen LogP contribution >= 0.6 is 11.6 Å². The molecule has 1 aromatic carbocycles. The van der Waals surface area contributed by atoms with Crippen molar-refractivity contribution >= 4 is 11.6 Å². The van der Waals surface area contributed by atoms with Crippen LogP contribution in [-0.4, -0.2) is 25.0 Å². The molecule has 102 valence electrons. The zero-order chi connectivity index (χ0) is 13.5. The van der Waals surface area contributed by atoms with E-state index in [4.69, 9.17) is 17.3 Å². The Morgan fingerprint density at radius 2 is 1.94 bits per heavy atom. The summed E-state index contributed by atoms with van der Waals surface area (Å²) in [7, 11) is 2.16. The third kappa shape index (κ3) is 4.60. The lowest BCUT2D eigenvalue weighted by Crippen LogP contribution is -2.28. The highest BCUT2D eigenvalue weighted by Gasteiger charge is 2.16. The minimum atomic E-state index is 0.346. The van der Waals surface area contributed by atoms with E-state index in [2.05, 4.69) is 31.9 Å². The fraction of sp³-hybridized carbons (Fsp3) is 0.600. The highest BCUT2D eigenvalue weighted by Crippen LogP contribution is 2.26. The molecule has 3 heteroatoms. The quantitative estimate of drug-likeness (QED) is 0.817. The van der Waals surface area contributed by atoms with Crippen molar-refractivity contribution < 1.29 is 0 Å². The summed E-state index contributed by atoms with van der Waals surface area (Å²) in [4.78, 5) is 2.36. The van der Waals surface area contributed by atoms with Crippen molar-refractivity contribution in [1.29, 1.82) is 0 Å². The first kappa shape index (κ1) is 15.5. The summed E-state index contributed by atoms with van der Waals surface area (Å²) in [5.41, 5.74) is 6.75. The van der Waals surface area contributed by atoms with E-state index in [0.29, 0.717) is 12.0 Å². The summed E-state index contributed by atoms with van der Waals surface area (Å²) in [6, 6.07) is 8.43. The molecule has 2 unspecified atom stereocenters. The second-order valence-corrected chi connectivity index (χ2v) is 5.58. The molecular formula is C15H25ClN2. The zero-order valence-electron chi connectivity index (χ0n) is 11.7. The van der Waals surface area contributed by atoms with Gasteiger partial charge in [-0.3, -0.25) is 4.90 Å². The molecule has 0 saturated carbocycles. The Balaban J connectivity index is 2.56. The van der Waals surface area contributed by atoms with E-state index in [1.807, 2.05) is 18.2 Å². The maximum absolute atomic E-state index is 6.24. The molecule has 0 fully saturated rings. The standard InChI is InChI=1S/C15H25ClN2/c1-12(7-6-10-17)11-18(3)13(2)14-8-4-5-9-15(14)16/h4-5,8-9,12-13H,6-7,10-11,17H2,1-3H3. The summed E-state index contributed by atoms with van der Waals surface area (Å²) in [5, 5.41) is 0.853. The van der Waals surface area contributed by atoms with Crippen molar-refractivity contribution in [2.24, 2.45) is 11.7 Å². The van der Waals surface area contributed by atoms with Crippen LogP contribution in [0.2, 0.25) is 5.02 Å². The van der Waals surface area contributed by atoms with Crippen LogP contribution in [0, 0.1) is 5.92 Å². The van der Waals surface area contributed by atoms with Gasteiger partial charge < -0.3 is 5.73 Å². The van der Waals surface area contributed by atoms with Gasteiger partial charge in [0.1, 0.15) is 0 Å². The van der Waals surface area contributed by atoms with Crippen LogP contribution in [0.1, 0.15) is 38.3 Å². The first-order valence-corrected chi connectivity index (χ1v) is 7.08. The van der Waals surface area contributed by atoms with Gasteiger partial charge in [-0.2, -0.15) is 0 Å². The Morgan fingerprint density at radius 1 is 1.28 bits per heavy atom. The van der Waals surface area contributed by atoms with Crippen LogP contribution in [0.15, 0.2) is 24.3 Å². The topological polar surface area (TPSA) is 29.3 Å². The lowest BCUT2D eigenvalue weighted by molar-refractivity contribution is 0.220. The van der Waals surface area contributed by atoms with Crippen molar-refractivity contribution in [3.8, 4) is 0 Å². The second-order valence-electron chi connectivity index (χ2n) is 5.17. The Hall–Kier alpha value is -0.570. The first-order chi connectivity index (χ1) is 8.56. The molecule has 0 bridgehead atoms. The Morgan fingerprint density at radius 3 is 2.56 bits per heavy atom. The molecule has 2 nitrogen and oxygen atoms in total. The van der Waals surface area contributed by atoms with Crippen molar-refractivity contribution in [3.63, 3.8) is 0 Å². The molecule has 1 rings (SSSR count). The third-order valence-electron chi connectivity index (χ3n) is 3.52. The molecule has 0 aromatic heterocycles. The van der Waals surface area contributed by atoms with Gasteiger partial charge in [0.25, 0.3) is 0 Å². The molecule has 2 N–H and O–H groups in total. The summed E-state index contributed by atoms with van der Waals surface area (Å²) < 4.78 is 0. The predicted octanol–water partition coefficient (Wildman–Crippen LogP) is 3.71. The van der Waals surface area contributed by atoms with Gasteiger partial charge in [-0.1, -0.05) is 36.7 Å². The summed E-state index contributed by atoms with van der Waals surface area (Å²) in [6.45, 7) is 6.35. The lowest BCUT2D eigenvalue weighted by Gasteiger charge is -2.28. The normalized spacial score (nSPS) is 14.8. The summed E-state index contributed by atoms with van der Waals surface area (Å²) in [5.74, 6) is 0.670. The number of rotatable bonds is 7. The molecule has 0 saturated heterocycles. The number of nitrogens with zero attached hydrogens (tertiary/aromatic N) is 1. The SMILES string of the molecule is CC(CCCN)CN(C)C(C)c1ccccc1Cl. The molecule has 0 aliphatic carbocycles. The molecule has 0 spiro atoms. The van der Waals surface area contributed by atoms with Crippen LogP contribution in [-0.2, 0) is 0 Å². The van der Waals surface area contributed by atoms with Gasteiger partial charge in [0.15, 0.2) is 0 Å². The van der Waals surface area contributed by atoms with Crippen molar-refractivity contribution in [2.75, 3.05) is 20.1 Å². The fourth-order valence-corrected chi connectivity index (χ4v) is 2.55.